The molecule has 0 amide bonds. The maximum absolute atomic E-state index is 14.6. The van der Waals surface area contributed by atoms with Gasteiger partial charge in [0.05, 0.1) is 0 Å². The molecule has 0 fully saturated rings. The van der Waals surface area contributed by atoms with Gasteiger partial charge in [0.2, 0.25) is 0 Å². The first-order valence-corrected chi connectivity index (χ1v) is 8.43. The molecule has 0 aliphatic heterocycles. The highest BCUT2D eigenvalue weighted by Gasteiger charge is 2.16. The molecule has 0 unspecified atom stereocenters. The first kappa shape index (κ1) is 15.7. The van der Waals surface area contributed by atoms with Gasteiger partial charge in [-0.2, -0.15) is 0 Å². The molecule has 0 aromatic heterocycles. The van der Waals surface area contributed by atoms with Crippen LogP contribution in [0.3, 0.4) is 0 Å². The molecule has 0 nitrogen and oxygen atoms in total. The monoisotopic (exact) mass is 306 g/mol. The Labute approximate surface area is 138 Å². The fourth-order valence-electron chi connectivity index (χ4n) is 3.13. The maximum Gasteiger partial charge on any atom is 0.127 e. The van der Waals surface area contributed by atoms with E-state index in [4.69, 9.17) is 0 Å². The summed E-state index contributed by atoms with van der Waals surface area (Å²) in [6, 6.07) is 16.7. The number of rotatable bonds is 4. The molecule has 118 valence electrons. The van der Waals surface area contributed by atoms with Crippen LogP contribution in [0.2, 0.25) is 0 Å². The van der Waals surface area contributed by atoms with Gasteiger partial charge in [-0.3, -0.25) is 0 Å². The number of benzene rings is 2. The highest BCUT2D eigenvalue weighted by molar-refractivity contribution is 5.80. The second-order valence-electron chi connectivity index (χ2n) is 6.31. The standard InChI is InChI=1S/C22H23F/c1-3-4-17-7-11-18(12-8-17)20-13-14-21(22(23)15-20)19-9-5-16(2)6-10-19/h5-12,15H,3-4,13-14H2,1-2H3. The normalized spacial score (nSPS) is 14.8. The van der Waals surface area contributed by atoms with Crippen LogP contribution in [0.25, 0.3) is 11.1 Å². The smallest absolute Gasteiger partial charge is 0.127 e. The minimum Gasteiger partial charge on any atom is -0.207 e. The highest BCUT2D eigenvalue weighted by atomic mass is 19.1. The Hall–Kier alpha value is -2.15. The van der Waals surface area contributed by atoms with Crippen LogP contribution < -0.4 is 0 Å². The summed E-state index contributed by atoms with van der Waals surface area (Å²) >= 11 is 0. The van der Waals surface area contributed by atoms with E-state index in [2.05, 4.69) is 38.1 Å². The quantitative estimate of drug-likeness (QED) is 0.604. The zero-order valence-electron chi connectivity index (χ0n) is 13.9. The number of hydrogen-bond acceptors (Lipinski definition) is 0. The SMILES string of the molecule is CCCc1ccc(C2=CC(F)=C(c3ccc(C)cc3)CC2)cc1. The fourth-order valence-corrected chi connectivity index (χ4v) is 3.13. The molecule has 3 rings (SSSR count). The van der Waals surface area contributed by atoms with E-state index in [1.165, 1.54) is 11.1 Å². The molecule has 0 heterocycles. The van der Waals surface area contributed by atoms with E-state index in [0.717, 1.165) is 48.0 Å². The van der Waals surface area contributed by atoms with E-state index in [-0.39, 0.29) is 5.83 Å². The van der Waals surface area contributed by atoms with Crippen molar-refractivity contribution < 1.29 is 4.39 Å². The van der Waals surface area contributed by atoms with Gasteiger partial charge in [-0.15, -0.1) is 0 Å². The lowest BCUT2D eigenvalue weighted by Gasteiger charge is -2.17. The summed E-state index contributed by atoms with van der Waals surface area (Å²) in [6.07, 6.45) is 5.62. The Bertz CT molecular complexity index is 731. The predicted molar refractivity (Wildman–Crippen MR) is 96.9 cm³/mol. The van der Waals surface area contributed by atoms with Crippen LogP contribution in [-0.4, -0.2) is 0 Å². The van der Waals surface area contributed by atoms with Crippen molar-refractivity contribution >= 4 is 11.1 Å². The van der Waals surface area contributed by atoms with Crippen molar-refractivity contribution in [2.24, 2.45) is 0 Å². The number of hydrogen-bond donors (Lipinski definition) is 0. The summed E-state index contributed by atoms with van der Waals surface area (Å²) in [6.45, 7) is 4.24. The van der Waals surface area contributed by atoms with Crippen molar-refractivity contribution in [2.75, 3.05) is 0 Å². The van der Waals surface area contributed by atoms with Gasteiger partial charge in [-0.05, 0) is 60.1 Å². The number of allylic oxidation sites excluding steroid dienone is 4. The van der Waals surface area contributed by atoms with Crippen LogP contribution in [0.15, 0.2) is 60.4 Å². The van der Waals surface area contributed by atoms with E-state index in [0.29, 0.717) is 0 Å². The molecule has 1 aliphatic rings. The van der Waals surface area contributed by atoms with Crippen molar-refractivity contribution in [1.29, 1.82) is 0 Å². The van der Waals surface area contributed by atoms with Gasteiger partial charge in [0, 0.05) is 0 Å². The Kier molecular flexibility index (Phi) is 4.76. The number of aryl methyl sites for hydroxylation is 2. The zero-order chi connectivity index (χ0) is 16.2. The van der Waals surface area contributed by atoms with Crippen LogP contribution in [-0.2, 0) is 6.42 Å². The van der Waals surface area contributed by atoms with Crippen LogP contribution in [0.4, 0.5) is 4.39 Å². The Morgan fingerprint density at radius 1 is 0.870 bits per heavy atom. The summed E-state index contributed by atoms with van der Waals surface area (Å²) in [4.78, 5) is 0. The molecule has 0 radical (unpaired) electrons. The van der Waals surface area contributed by atoms with Crippen LogP contribution in [0, 0.1) is 6.92 Å². The fraction of sp³-hybridized carbons (Fsp3) is 0.273. The average molecular weight is 306 g/mol. The minimum absolute atomic E-state index is 0.0901. The third-order valence-electron chi connectivity index (χ3n) is 4.50. The Morgan fingerprint density at radius 3 is 2.13 bits per heavy atom. The van der Waals surface area contributed by atoms with Gasteiger partial charge in [0.1, 0.15) is 5.83 Å². The maximum atomic E-state index is 14.6. The lowest BCUT2D eigenvalue weighted by atomic mass is 9.89. The molecule has 1 aliphatic carbocycles. The first-order valence-electron chi connectivity index (χ1n) is 8.43. The highest BCUT2D eigenvalue weighted by Crippen LogP contribution is 2.36. The van der Waals surface area contributed by atoms with Crippen LogP contribution in [0.5, 0.6) is 0 Å². The molecule has 23 heavy (non-hydrogen) atoms. The Balaban J connectivity index is 1.86. The van der Waals surface area contributed by atoms with Crippen molar-refractivity contribution in [1.82, 2.24) is 0 Å². The van der Waals surface area contributed by atoms with Gasteiger partial charge in [-0.1, -0.05) is 67.4 Å². The molecule has 2 aromatic carbocycles. The Morgan fingerprint density at radius 2 is 1.52 bits per heavy atom. The predicted octanol–water partition coefficient (Wildman–Crippen LogP) is 6.51. The van der Waals surface area contributed by atoms with Gasteiger partial charge >= 0.3 is 0 Å². The molecule has 0 N–H and O–H groups in total. The number of halogens is 1. The van der Waals surface area contributed by atoms with Crippen molar-refractivity contribution in [3.05, 3.63) is 82.7 Å². The van der Waals surface area contributed by atoms with E-state index in [1.807, 2.05) is 24.3 Å². The molecule has 0 bridgehead atoms. The molecule has 0 saturated carbocycles. The lowest BCUT2D eigenvalue weighted by Crippen LogP contribution is -1.97. The zero-order valence-corrected chi connectivity index (χ0v) is 13.9. The first-order chi connectivity index (χ1) is 11.2. The summed E-state index contributed by atoms with van der Waals surface area (Å²) in [5.74, 6) is -0.0901. The molecule has 1 heteroatoms. The van der Waals surface area contributed by atoms with E-state index in [1.54, 1.807) is 6.08 Å². The van der Waals surface area contributed by atoms with Crippen molar-refractivity contribution in [3.63, 3.8) is 0 Å². The van der Waals surface area contributed by atoms with Gasteiger partial charge < -0.3 is 0 Å². The molecular formula is C22H23F. The minimum atomic E-state index is -0.0901. The lowest BCUT2D eigenvalue weighted by molar-refractivity contribution is 0.661. The molecule has 0 atom stereocenters. The summed E-state index contributed by atoms with van der Waals surface area (Å²) in [7, 11) is 0. The molecular weight excluding hydrogens is 283 g/mol. The molecule has 2 aromatic rings. The topological polar surface area (TPSA) is 0 Å². The van der Waals surface area contributed by atoms with E-state index in [9.17, 15) is 4.39 Å². The van der Waals surface area contributed by atoms with Crippen molar-refractivity contribution in [2.45, 2.75) is 39.5 Å². The van der Waals surface area contributed by atoms with Gasteiger partial charge in [0.15, 0.2) is 0 Å². The third-order valence-corrected chi connectivity index (χ3v) is 4.50. The van der Waals surface area contributed by atoms with Crippen molar-refractivity contribution in [3.8, 4) is 0 Å². The van der Waals surface area contributed by atoms with E-state index < -0.39 is 0 Å². The van der Waals surface area contributed by atoms with Gasteiger partial charge in [-0.25, -0.2) is 4.39 Å². The van der Waals surface area contributed by atoms with Gasteiger partial charge in [0.25, 0.3) is 0 Å². The van der Waals surface area contributed by atoms with Crippen LogP contribution in [0.1, 0.15) is 48.4 Å². The van der Waals surface area contributed by atoms with Crippen LogP contribution >= 0.6 is 0 Å². The second-order valence-corrected chi connectivity index (χ2v) is 6.31. The largest absolute Gasteiger partial charge is 0.207 e. The summed E-state index contributed by atoms with van der Waals surface area (Å²) in [5.41, 5.74) is 6.63. The third kappa shape index (κ3) is 3.61. The van der Waals surface area contributed by atoms with E-state index >= 15 is 0 Å². The summed E-state index contributed by atoms with van der Waals surface area (Å²) < 4.78 is 14.6. The average Bonchev–Trinajstić information content (AvgIpc) is 2.57. The molecule has 0 saturated heterocycles. The molecule has 0 spiro atoms. The second kappa shape index (κ2) is 6.95. The summed E-state index contributed by atoms with van der Waals surface area (Å²) in [5, 5.41) is 0.